The van der Waals surface area contributed by atoms with Gasteiger partial charge in [-0.25, -0.2) is 0 Å². The average Bonchev–Trinajstić information content (AvgIpc) is 2.47. The SMILES string of the molecule is COC(=O)C(C)CN(C)C(=O)C(CN)c1ccccc1. The van der Waals surface area contributed by atoms with E-state index in [-0.39, 0.29) is 30.3 Å². The van der Waals surface area contributed by atoms with Crippen molar-refractivity contribution in [3.8, 4) is 0 Å². The number of likely N-dealkylation sites (N-methyl/N-ethyl adjacent to an activating group) is 1. The standard InChI is InChI=1S/C15H22N2O3/c1-11(15(19)20-3)10-17(2)14(18)13(9-16)12-7-5-4-6-8-12/h4-8,11,13H,9-10,16H2,1-3H3. The van der Waals surface area contributed by atoms with E-state index < -0.39 is 0 Å². The van der Waals surface area contributed by atoms with Gasteiger partial charge in [0.1, 0.15) is 0 Å². The molecule has 5 nitrogen and oxygen atoms in total. The lowest BCUT2D eigenvalue weighted by Crippen LogP contribution is -2.39. The number of benzene rings is 1. The highest BCUT2D eigenvalue weighted by Gasteiger charge is 2.25. The smallest absolute Gasteiger partial charge is 0.310 e. The minimum Gasteiger partial charge on any atom is -0.469 e. The van der Waals surface area contributed by atoms with E-state index in [9.17, 15) is 9.59 Å². The highest BCUT2D eigenvalue weighted by atomic mass is 16.5. The van der Waals surface area contributed by atoms with E-state index >= 15 is 0 Å². The molecule has 20 heavy (non-hydrogen) atoms. The van der Waals surface area contributed by atoms with Crippen LogP contribution in [0, 0.1) is 5.92 Å². The maximum absolute atomic E-state index is 12.4. The number of rotatable bonds is 6. The summed E-state index contributed by atoms with van der Waals surface area (Å²) >= 11 is 0. The maximum atomic E-state index is 12.4. The predicted octanol–water partition coefficient (Wildman–Crippen LogP) is 0.996. The van der Waals surface area contributed by atoms with E-state index in [1.54, 1.807) is 14.0 Å². The van der Waals surface area contributed by atoms with Crippen molar-refractivity contribution in [3.05, 3.63) is 35.9 Å². The van der Waals surface area contributed by atoms with Gasteiger partial charge in [0.15, 0.2) is 0 Å². The summed E-state index contributed by atoms with van der Waals surface area (Å²) in [7, 11) is 3.01. The lowest BCUT2D eigenvalue weighted by molar-refractivity contribution is -0.146. The van der Waals surface area contributed by atoms with Crippen LogP contribution in [0.1, 0.15) is 18.4 Å². The van der Waals surface area contributed by atoms with Gasteiger partial charge < -0.3 is 15.4 Å². The molecule has 1 amide bonds. The zero-order valence-electron chi connectivity index (χ0n) is 12.2. The quantitative estimate of drug-likeness (QED) is 0.788. The van der Waals surface area contributed by atoms with Gasteiger partial charge in [-0.1, -0.05) is 37.3 Å². The Morgan fingerprint density at radius 2 is 1.90 bits per heavy atom. The second kappa shape index (κ2) is 7.65. The third-order valence-electron chi connectivity index (χ3n) is 3.26. The molecule has 0 heterocycles. The topological polar surface area (TPSA) is 72.6 Å². The number of ether oxygens (including phenoxy) is 1. The van der Waals surface area contributed by atoms with E-state index in [0.29, 0.717) is 6.54 Å². The maximum Gasteiger partial charge on any atom is 0.310 e. The first-order valence-electron chi connectivity index (χ1n) is 6.59. The normalized spacial score (nSPS) is 13.4. The molecule has 0 aromatic heterocycles. The molecule has 0 aliphatic carbocycles. The molecule has 0 aliphatic heterocycles. The van der Waals surface area contributed by atoms with E-state index in [1.807, 2.05) is 30.3 Å². The molecule has 0 saturated carbocycles. The Labute approximate surface area is 119 Å². The third-order valence-corrected chi connectivity index (χ3v) is 3.26. The fourth-order valence-corrected chi connectivity index (χ4v) is 2.11. The number of nitrogens with zero attached hydrogens (tertiary/aromatic N) is 1. The number of hydrogen-bond donors (Lipinski definition) is 1. The predicted molar refractivity (Wildman–Crippen MR) is 77.1 cm³/mol. The van der Waals surface area contributed by atoms with Gasteiger partial charge in [-0.05, 0) is 5.56 Å². The van der Waals surface area contributed by atoms with Crippen LogP contribution >= 0.6 is 0 Å². The molecule has 0 radical (unpaired) electrons. The van der Waals surface area contributed by atoms with Crippen molar-refractivity contribution in [2.75, 3.05) is 27.2 Å². The Kier molecular flexibility index (Phi) is 6.18. The van der Waals surface area contributed by atoms with Crippen molar-refractivity contribution in [1.29, 1.82) is 0 Å². The molecular formula is C15H22N2O3. The zero-order chi connectivity index (χ0) is 15.1. The van der Waals surface area contributed by atoms with Crippen LogP contribution in [0.5, 0.6) is 0 Å². The summed E-state index contributed by atoms with van der Waals surface area (Å²) < 4.78 is 4.66. The molecule has 110 valence electrons. The van der Waals surface area contributed by atoms with Crippen LogP contribution in [0.15, 0.2) is 30.3 Å². The summed E-state index contributed by atoms with van der Waals surface area (Å²) in [6.45, 7) is 2.28. The molecule has 2 N–H and O–H groups in total. The first-order chi connectivity index (χ1) is 9.51. The fourth-order valence-electron chi connectivity index (χ4n) is 2.11. The second-order valence-electron chi connectivity index (χ2n) is 4.84. The molecule has 0 spiro atoms. The third kappa shape index (κ3) is 4.06. The van der Waals surface area contributed by atoms with Crippen molar-refractivity contribution < 1.29 is 14.3 Å². The number of methoxy groups -OCH3 is 1. The number of esters is 1. The monoisotopic (exact) mass is 278 g/mol. The zero-order valence-corrected chi connectivity index (χ0v) is 12.2. The molecule has 2 atom stereocenters. The van der Waals surface area contributed by atoms with E-state index in [4.69, 9.17) is 5.73 Å². The number of carbonyl (C=O) groups excluding carboxylic acids is 2. The highest BCUT2D eigenvalue weighted by Crippen LogP contribution is 2.17. The Morgan fingerprint density at radius 3 is 2.40 bits per heavy atom. The molecule has 0 saturated heterocycles. The second-order valence-corrected chi connectivity index (χ2v) is 4.84. The Bertz CT molecular complexity index is 448. The van der Waals surface area contributed by atoms with Crippen molar-refractivity contribution in [2.45, 2.75) is 12.8 Å². The number of carbonyl (C=O) groups is 2. The molecular weight excluding hydrogens is 256 g/mol. The lowest BCUT2D eigenvalue weighted by Gasteiger charge is -2.25. The minimum absolute atomic E-state index is 0.0885. The van der Waals surface area contributed by atoms with Gasteiger partial charge in [0.2, 0.25) is 5.91 Å². The fraction of sp³-hybridized carbons (Fsp3) is 0.467. The van der Waals surface area contributed by atoms with Crippen LogP contribution in [0.2, 0.25) is 0 Å². The lowest BCUT2D eigenvalue weighted by atomic mass is 9.97. The van der Waals surface area contributed by atoms with Crippen molar-refractivity contribution in [3.63, 3.8) is 0 Å². The Morgan fingerprint density at radius 1 is 1.30 bits per heavy atom. The largest absolute Gasteiger partial charge is 0.469 e. The Balaban J connectivity index is 2.74. The molecule has 5 heteroatoms. The molecule has 2 unspecified atom stereocenters. The van der Waals surface area contributed by atoms with Gasteiger partial charge in [0.05, 0.1) is 18.9 Å². The molecule has 0 fully saturated rings. The minimum atomic E-state index is -0.383. The molecule has 0 bridgehead atoms. The van der Waals surface area contributed by atoms with Crippen LogP contribution < -0.4 is 5.73 Å². The van der Waals surface area contributed by atoms with Crippen molar-refractivity contribution in [1.82, 2.24) is 4.90 Å². The number of hydrogen-bond acceptors (Lipinski definition) is 4. The van der Waals surface area contributed by atoms with Crippen molar-refractivity contribution >= 4 is 11.9 Å². The summed E-state index contributed by atoms with van der Waals surface area (Å²) in [6.07, 6.45) is 0. The summed E-state index contributed by atoms with van der Waals surface area (Å²) in [4.78, 5) is 25.3. The van der Waals surface area contributed by atoms with Crippen LogP contribution in [0.3, 0.4) is 0 Å². The highest BCUT2D eigenvalue weighted by molar-refractivity contribution is 5.84. The molecule has 0 aliphatic rings. The molecule has 1 aromatic rings. The van der Waals surface area contributed by atoms with Gasteiger partial charge in [-0.3, -0.25) is 9.59 Å². The summed E-state index contributed by atoms with van der Waals surface area (Å²) in [6, 6.07) is 9.41. The van der Waals surface area contributed by atoms with Gasteiger partial charge in [0, 0.05) is 20.1 Å². The summed E-state index contributed by atoms with van der Waals surface area (Å²) in [5, 5.41) is 0. The van der Waals surface area contributed by atoms with E-state index in [1.165, 1.54) is 12.0 Å². The van der Waals surface area contributed by atoms with Crippen LogP contribution in [-0.2, 0) is 14.3 Å². The molecule has 1 rings (SSSR count). The first kappa shape index (κ1) is 16.2. The van der Waals surface area contributed by atoms with Crippen molar-refractivity contribution in [2.24, 2.45) is 11.7 Å². The van der Waals surface area contributed by atoms with Crippen LogP contribution in [-0.4, -0.2) is 44.0 Å². The van der Waals surface area contributed by atoms with Gasteiger partial charge >= 0.3 is 5.97 Å². The number of amides is 1. The van der Waals surface area contributed by atoms with Gasteiger partial charge in [0.25, 0.3) is 0 Å². The van der Waals surface area contributed by atoms with Gasteiger partial charge in [-0.15, -0.1) is 0 Å². The van der Waals surface area contributed by atoms with E-state index in [0.717, 1.165) is 5.56 Å². The van der Waals surface area contributed by atoms with Crippen LogP contribution in [0.25, 0.3) is 0 Å². The summed E-state index contributed by atoms with van der Waals surface area (Å²) in [5.74, 6) is -1.16. The van der Waals surface area contributed by atoms with Crippen LogP contribution in [0.4, 0.5) is 0 Å². The average molecular weight is 278 g/mol. The van der Waals surface area contributed by atoms with Gasteiger partial charge in [-0.2, -0.15) is 0 Å². The molecule has 1 aromatic carbocycles. The van der Waals surface area contributed by atoms with E-state index in [2.05, 4.69) is 4.74 Å². The first-order valence-corrected chi connectivity index (χ1v) is 6.59. The number of nitrogens with two attached hydrogens (primary N) is 1. The summed E-state index contributed by atoms with van der Waals surface area (Å²) in [5.41, 5.74) is 6.61. The Hall–Kier alpha value is -1.88.